The molecule has 0 aromatic heterocycles. The van der Waals surface area contributed by atoms with Crippen molar-refractivity contribution in [3.8, 4) is 0 Å². The van der Waals surface area contributed by atoms with Crippen molar-refractivity contribution in [2.75, 3.05) is 25.5 Å². The van der Waals surface area contributed by atoms with E-state index < -0.39 is 0 Å². The Kier molecular flexibility index (Phi) is 6.18. The number of hydrogen-bond donors (Lipinski definition) is 2. The summed E-state index contributed by atoms with van der Waals surface area (Å²) in [7, 11) is 2.21. The first-order valence-electron chi connectivity index (χ1n) is 11.0. The Balaban J connectivity index is 1.27. The molecule has 0 radical (unpaired) electrons. The molecule has 4 rings (SSSR count). The minimum Gasteiger partial charge on any atom is -0.345 e. The zero-order valence-corrected chi connectivity index (χ0v) is 17.9. The van der Waals surface area contributed by atoms with Crippen molar-refractivity contribution >= 4 is 17.5 Å². The second-order valence-electron chi connectivity index (χ2n) is 8.89. The third-order valence-corrected chi connectivity index (χ3v) is 6.60. The molecule has 2 aliphatic heterocycles. The average molecular weight is 406 g/mol. The summed E-state index contributed by atoms with van der Waals surface area (Å²) < 4.78 is 0. The van der Waals surface area contributed by atoms with Gasteiger partial charge in [-0.2, -0.15) is 0 Å². The Labute approximate surface area is 178 Å². The van der Waals surface area contributed by atoms with E-state index in [2.05, 4.69) is 41.6 Å². The number of hydrogen-bond acceptors (Lipinski definition) is 3. The van der Waals surface area contributed by atoms with Gasteiger partial charge in [0.25, 0.3) is 5.91 Å². The fraction of sp³-hybridized carbons (Fsp3) is 0.440. The maximum Gasteiger partial charge on any atom is 0.252 e. The molecule has 2 heterocycles. The number of benzene rings is 2. The van der Waals surface area contributed by atoms with Crippen LogP contribution in [-0.4, -0.2) is 36.9 Å². The number of carbonyl (C=O) groups excluding carboxylic acids is 2. The number of rotatable bonds is 6. The number of fused-ring (bicyclic) bond motifs is 1. The molecule has 3 atom stereocenters. The van der Waals surface area contributed by atoms with E-state index in [1.807, 2.05) is 30.3 Å². The van der Waals surface area contributed by atoms with E-state index in [4.69, 9.17) is 0 Å². The lowest BCUT2D eigenvalue weighted by atomic mass is 9.83. The van der Waals surface area contributed by atoms with Gasteiger partial charge in [0.1, 0.15) is 0 Å². The minimum atomic E-state index is -0.260. The van der Waals surface area contributed by atoms with Crippen molar-refractivity contribution in [2.24, 2.45) is 11.8 Å². The van der Waals surface area contributed by atoms with Gasteiger partial charge < -0.3 is 15.5 Å². The number of piperidine rings is 1. The van der Waals surface area contributed by atoms with Crippen LogP contribution in [0, 0.1) is 11.8 Å². The summed E-state index contributed by atoms with van der Waals surface area (Å²) in [4.78, 5) is 26.9. The number of anilines is 1. The quantitative estimate of drug-likeness (QED) is 0.763. The van der Waals surface area contributed by atoms with Gasteiger partial charge in [-0.3, -0.25) is 9.59 Å². The van der Waals surface area contributed by atoms with E-state index in [0.29, 0.717) is 5.56 Å². The average Bonchev–Trinajstić information content (AvgIpc) is 3.04. The van der Waals surface area contributed by atoms with Crippen LogP contribution in [0.2, 0.25) is 0 Å². The molecule has 2 N–H and O–H groups in total. The third kappa shape index (κ3) is 4.73. The molecular weight excluding hydrogens is 374 g/mol. The molecule has 0 bridgehead atoms. The van der Waals surface area contributed by atoms with Crippen molar-refractivity contribution in [1.29, 1.82) is 0 Å². The maximum atomic E-state index is 12.5. The highest BCUT2D eigenvalue weighted by Crippen LogP contribution is 2.29. The largest absolute Gasteiger partial charge is 0.345 e. The molecule has 0 spiro atoms. The van der Waals surface area contributed by atoms with Crippen LogP contribution in [0.25, 0.3) is 0 Å². The smallest absolute Gasteiger partial charge is 0.252 e. The summed E-state index contributed by atoms with van der Waals surface area (Å²) in [6, 6.07) is 15.4. The van der Waals surface area contributed by atoms with E-state index in [-0.39, 0.29) is 24.3 Å². The molecular formula is C25H31N3O2. The van der Waals surface area contributed by atoms with Crippen LogP contribution in [0.15, 0.2) is 48.5 Å². The summed E-state index contributed by atoms with van der Waals surface area (Å²) in [6.07, 6.45) is 3.82. The van der Waals surface area contributed by atoms with Gasteiger partial charge in [0.2, 0.25) is 5.91 Å². The van der Waals surface area contributed by atoms with Crippen LogP contribution in [0.5, 0.6) is 0 Å². The Hall–Kier alpha value is -2.66. The first-order valence-corrected chi connectivity index (χ1v) is 11.0. The highest BCUT2D eigenvalue weighted by atomic mass is 16.2. The summed E-state index contributed by atoms with van der Waals surface area (Å²) in [5.74, 6) is 1.35. The predicted octanol–water partition coefficient (Wildman–Crippen LogP) is 4.02. The fourth-order valence-electron chi connectivity index (χ4n) is 4.82. The lowest BCUT2D eigenvalue weighted by Gasteiger charge is -2.34. The van der Waals surface area contributed by atoms with Gasteiger partial charge >= 0.3 is 0 Å². The topological polar surface area (TPSA) is 61.4 Å². The predicted molar refractivity (Wildman–Crippen MR) is 119 cm³/mol. The van der Waals surface area contributed by atoms with Crippen molar-refractivity contribution in [2.45, 2.75) is 38.6 Å². The fourth-order valence-corrected chi connectivity index (χ4v) is 4.82. The summed E-state index contributed by atoms with van der Waals surface area (Å²) in [5, 5.41) is 5.86. The molecule has 0 unspecified atom stereocenters. The van der Waals surface area contributed by atoms with Gasteiger partial charge in [-0.15, -0.1) is 0 Å². The second kappa shape index (κ2) is 9.00. The van der Waals surface area contributed by atoms with Gasteiger partial charge in [-0.25, -0.2) is 0 Å². The van der Waals surface area contributed by atoms with Crippen LogP contribution in [0.4, 0.5) is 5.69 Å². The lowest BCUT2D eigenvalue weighted by molar-refractivity contribution is -0.116. The molecule has 5 nitrogen and oxygen atoms in total. The Morgan fingerprint density at radius 3 is 2.70 bits per heavy atom. The van der Waals surface area contributed by atoms with Crippen molar-refractivity contribution < 1.29 is 9.59 Å². The molecule has 2 aromatic carbocycles. The summed E-state index contributed by atoms with van der Waals surface area (Å²) >= 11 is 0. The Morgan fingerprint density at radius 1 is 1.17 bits per heavy atom. The third-order valence-electron chi connectivity index (χ3n) is 6.60. The van der Waals surface area contributed by atoms with Crippen molar-refractivity contribution in [3.63, 3.8) is 0 Å². The number of carbonyl (C=O) groups is 2. The number of nitrogens with one attached hydrogen (secondary N) is 2. The zero-order valence-electron chi connectivity index (χ0n) is 17.9. The molecule has 158 valence electrons. The molecule has 2 amide bonds. The van der Waals surface area contributed by atoms with Crippen LogP contribution in [-0.2, 0) is 11.2 Å². The molecule has 0 saturated carbocycles. The first-order chi connectivity index (χ1) is 14.5. The highest BCUT2D eigenvalue weighted by molar-refractivity contribution is 6.00. The van der Waals surface area contributed by atoms with Crippen LogP contribution >= 0.6 is 0 Å². The van der Waals surface area contributed by atoms with Gasteiger partial charge in [0.05, 0.1) is 12.5 Å². The van der Waals surface area contributed by atoms with Gasteiger partial charge in [0.15, 0.2) is 0 Å². The number of amides is 2. The SMILES string of the molecule is C[C@@H]1CN(C)CC[C@@H]1CCc1ccc(NC(=O)C[C@@H]2NC(=O)c3ccccc32)cc1. The van der Waals surface area contributed by atoms with Crippen LogP contribution < -0.4 is 10.6 Å². The molecule has 2 aliphatic rings. The summed E-state index contributed by atoms with van der Waals surface area (Å²) in [6.45, 7) is 4.76. The van der Waals surface area contributed by atoms with E-state index in [1.54, 1.807) is 6.07 Å². The zero-order chi connectivity index (χ0) is 21.1. The Bertz CT molecular complexity index is 909. The maximum absolute atomic E-state index is 12.5. The van der Waals surface area contributed by atoms with Crippen LogP contribution in [0.3, 0.4) is 0 Å². The Morgan fingerprint density at radius 2 is 1.93 bits per heavy atom. The van der Waals surface area contributed by atoms with Gasteiger partial charge in [-0.05, 0) is 74.0 Å². The number of aryl methyl sites for hydroxylation is 1. The van der Waals surface area contributed by atoms with Crippen molar-refractivity contribution in [3.05, 3.63) is 65.2 Å². The minimum absolute atomic E-state index is 0.0927. The molecule has 2 aromatic rings. The number of nitrogens with zero attached hydrogens (tertiary/aromatic N) is 1. The molecule has 30 heavy (non-hydrogen) atoms. The molecule has 1 fully saturated rings. The van der Waals surface area contributed by atoms with E-state index in [0.717, 1.165) is 29.5 Å². The second-order valence-corrected chi connectivity index (χ2v) is 8.89. The monoisotopic (exact) mass is 405 g/mol. The summed E-state index contributed by atoms with van der Waals surface area (Å²) in [5.41, 5.74) is 3.68. The van der Waals surface area contributed by atoms with Crippen molar-refractivity contribution in [1.82, 2.24) is 10.2 Å². The lowest BCUT2D eigenvalue weighted by Crippen LogP contribution is -2.36. The normalized spacial score (nSPS) is 23.7. The first kappa shape index (κ1) is 20.6. The van der Waals surface area contributed by atoms with Gasteiger partial charge in [0, 0.05) is 17.8 Å². The van der Waals surface area contributed by atoms with E-state index in [9.17, 15) is 9.59 Å². The van der Waals surface area contributed by atoms with Crippen LogP contribution in [0.1, 0.15) is 53.7 Å². The standard InChI is InChI=1S/C25H31N3O2/c1-17-16-28(2)14-13-19(17)10-7-18-8-11-20(12-9-18)26-24(29)15-23-21-5-3-4-6-22(21)25(30)27-23/h3-6,8-9,11-12,17,19,23H,7,10,13-16H2,1-2H3,(H,26,29)(H,27,30)/t17-,19+,23+/m1/s1. The van der Waals surface area contributed by atoms with Gasteiger partial charge in [-0.1, -0.05) is 37.3 Å². The molecule has 0 aliphatic carbocycles. The molecule has 1 saturated heterocycles. The van der Waals surface area contributed by atoms with E-state index >= 15 is 0 Å². The van der Waals surface area contributed by atoms with E-state index in [1.165, 1.54) is 31.5 Å². The number of likely N-dealkylation sites (tertiary alicyclic amines) is 1. The highest BCUT2D eigenvalue weighted by Gasteiger charge is 2.29. The molecule has 5 heteroatoms.